The van der Waals surface area contributed by atoms with Crippen LogP contribution in [0.4, 0.5) is 5.69 Å². The standard InChI is InChI=1S/C14H23N3/c1-11-4-5-12(2)17(9-11)10-14-8-13(15-3)6-7-16-14/h6-8,11-12H,4-5,9-10H2,1-3H3,(H,15,16). The molecule has 1 N–H and O–H groups in total. The van der Waals surface area contributed by atoms with Crippen LogP contribution in [0.25, 0.3) is 0 Å². The van der Waals surface area contributed by atoms with E-state index in [1.807, 2.05) is 19.3 Å². The molecule has 3 nitrogen and oxygen atoms in total. The highest BCUT2D eigenvalue weighted by molar-refractivity contribution is 5.42. The topological polar surface area (TPSA) is 28.2 Å². The van der Waals surface area contributed by atoms with Crippen molar-refractivity contribution < 1.29 is 0 Å². The molecule has 3 heteroatoms. The first kappa shape index (κ1) is 12.4. The number of anilines is 1. The molecule has 0 amide bonds. The summed E-state index contributed by atoms with van der Waals surface area (Å²) in [5.74, 6) is 0.818. The Kier molecular flexibility index (Phi) is 4.00. The van der Waals surface area contributed by atoms with E-state index < -0.39 is 0 Å². The zero-order chi connectivity index (χ0) is 12.3. The molecule has 2 rings (SSSR count). The first-order valence-electron chi connectivity index (χ1n) is 6.55. The normalized spacial score (nSPS) is 25.8. The SMILES string of the molecule is CNc1ccnc(CN2CC(C)CCC2C)c1. The van der Waals surface area contributed by atoms with Crippen LogP contribution >= 0.6 is 0 Å². The van der Waals surface area contributed by atoms with Crippen LogP contribution in [-0.4, -0.2) is 29.5 Å². The predicted octanol–water partition coefficient (Wildman–Crippen LogP) is 2.74. The van der Waals surface area contributed by atoms with Gasteiger partial charge in [-0.25, -0.2) is 0 Å². The second kappa shape index (κ2) is 5.50. The highest BCUT2D eigenvalue weighted by Crippen LogP contribution is 2.23. The van der Waals surface area contributed by atoms with Gasteiger partial charge < -0.3 is 5.32 Å². The monoisotopic (exact) mass is 233 g/mol. The molecule has 17 heavy (non-hydrogen) atoms. The van der Waals surface area contributed by atoms with Gasteiger partial charge in [0.2, 0.25) is 0 Å². The lowest BCUT2D eigenvalue weighted by Crippen LogP contribution is -2.40. The third-order valence-corrected chi connectivity index (χ3v) is 3.72. The molecule has 1 aliphatic rings. The fourth-order valence-corrected chi connectivity index (χ4v) is 2.53. The van der Waals surface area contributed by atoms with Gasteiger partial charge in [-0.3, -0.25) is 9.88 Å². The Balaban J connectivity index is 2.03. The van der Waals surface area contributed by atoms with Crippen molar-refractivity contribution in [3.8, 4) is 0 Å². The highest BCUT2D eigenvalue weighted by Gasteiger charge is 2.22. The van der Waals surface area contributed by atoms with Gasteiger partial charge in [-0.15, -0.1) is 0 Å². The zero-order valence-electron chi connectivity index (χ0n) is 11.1. The second-order valence-electron chi connectivity index (χ2n) is 5.25. The molecule has 2 heterocycles. The van der Waals surface area contributed by atoms with Gasteiger partial charge in [-0.05, 0) is 37.8 Å². The molecule has 1 aromatic heterocycles. The Bertz CT molecular complexity index is 364. The largest absolute Gasteiger partial charge is 0.388 e. The van der Waals surface area contributed by atoms with Gasteiger partial charge in [0.05, 0.1) is 5.69 Å². The molecule has 0 radical (unpaired) electrons. The summed E-state index contributed by atoms with van der Waals surface area (Å²) < 4.78 is 0. The lowest BCUT2D eigenvalue weighted by atomic mass is 9.95. The Labute approximate surface area is 104 Å². The van der Waals surface area contributed by atoms with E-state index in [0.29, 0.717) is 6.04 Å². The summed E-state index contributed by atoms with van der Waals surface area (Å²) in [7, 11) is 1.95. The summed E-state index contributed by atoms with van der Waals surface area (Å²) in [5.41, 5.74) is 2.31. The zero-order valence-corrected chi connectivity index (χ0v) is 11.1. The molecule has 1 aliphatic heterocycles. The number of hydrogen-bond acceptors (Lipinski definition) is 3. The van der Waals surface area contributed by atoms with Crippen LogP contribution in [0, 0.1) is 5.92 Å². The number of likely N-dealkylation sites (tertiary alicyclic amines) is 1. The maximum atomic E-state index is 4.46. The summed E-state index contributed by atoms with van der Waals surface area (Å²) in [4.78, 5) is 7.01. The highest BCUT2D eigenvalue weighted by atomic mass is 15.2. The minimum Gasteiger partial charge on any atom is -0.388 e. The number of piperidine rings is 1. The minimum absolute atomic E-state index is 0.686. The van der Waals surface area contributed by atoms with E-state index in [2.05, 4.69) is 35.1 Å². The molecule has 0 saturated carbocycles. The first-order chi connectivity index (χ1) is 8.19. The van der Waals surface area contributed by atoms with E-state index in [0.717, 1.165) is 23.8 Å². The van der Waals surface area contributed by atoms with Crippen molar-refractivity contribution in [2.75, 3.05) is 18.9 Å². The third-order valence-electron chi connectivity index (χ3n) is 3.72. The molecule has 0 aromatic carbocycles. The minimum atomic E-state index is 0.686. The summed E-state index contributed by atoms with van der Waals surface area (Å²) in [6.07, 6.45) is 4.56. The van der Waals surface area contributed by atoms with Gasteiger partial charge in [0.25, 0.3) is 0 Å². The van der Waals surface area contributed by atoms with Crippen molar-refractivity contribution in [2.45, 2.75) is 39.3 Å². The van der Waals surface area contributed by atoms with Crippen molar-refractivity contribution in [1.82, 2.24) is 9.88 Å². The Morgan fingerprint density at radius 3 is 3.00 bits per heavy atom. The second-order valence-corrected chi connectivity index (χ2v) is 5.25. The van der Waals surface area contributed by atoms with Gasteiger partial charge in [0, 0.05) is 38.1 Å². The predicted molar refractivity (Wildman–Crippen MR) is 72.1 cm³/mol. The summed E-state index contributed by atoms with van der Waals surface area (Å²) in [5, 5.41) is 3.17. The Morgan fingerprint density at radius 2 is 2.24 bits per heavy atom. The summed E-state index contributed by atoms with van der Waals surface area (Å²) in [6, 6.07) is 4.84. The van der Waals surface area contributed by atoms with E-state index in [9.17, 15) is 0 Å². The molecule has 2 unspecified atom stereocenters. The van der Waals surface area contributed by atoms with Crippen molar-refractivity contribution >= 4 is 5.69 Å². The van der Waals surface area contributed by atoms with Gasteiger partial charge in [-0.2, -0.15) is 0 Å². The number of hydrogen-bond donors (Lipinski definition) is 1. The van der Waals surface area contributed by atoms with Crippen molar-refractivity contribution in [1.29, 1.82) is 0 Å². The lowest BCUT2D eigenvalue weighted by Gasteiger charge is -2.36. The number of aromatic nitrogens is 1. The maximum absolute atomic E-state index is 4.46. The van der Waals surface area contributed by atoms with Gasteiger partial charge in [0.15, 0.2) is 0 Å². The molecule has 2 atom stereocenters. The number of pyridine rings is 1. The molecule has 0 spiro atoms. The van der Waals surface area contributed by atoms with Crippen LogP contribution in [0.15, 0.2) is 18.3 Å². The molecule has 0 aliphatic carbocycles. The van der Waals surface area contributed by atoms with Crippen LogP contribution in [0.2, 0.25) is 0 Å². The van der Waals surface area contributed by atoms with E-state index >= 15 is 0 Å². The van der Waals surface area contributed by atoms with E-state index in [-0.39, 0.29) is 0 Å². The van der Waals surface area contributed by atoms with Crippen LogP contribution < -0.4 is 5.32 Å². The first-order valence-corrected chi connectivity index (χ1v) is 6.55. The van der Waals surface area contributed by atoms with Crippen LogP contribution in [-0.2, 0) is 6.54 Å². The van der Waals surface area contributed by atoms with E-state index in [4.69, 9.17) is 0 Å². The average molecular weight is 233 g/mol. The van der Waals surface area contributed by atoms with Crippen molar-refractivity contribution in [3.05, 3.63) is 24.0 Å². The molecule has 1 aromatic rings. The molecule has 0 bridgehead atoms. The van der Waals surface area contributed by atoms with Crippen molar-refractivity contribution in [3.63, 3.8) is 0 Å². The smallest absolute Gasteiger partial charge is 0.0564 e. The molecule has 1 fully saturated rings. The third kappa shape index (κ3) is 3.19. The van der Waals surface area contributed by atoms with E-state index in [1.54, 1.807) is 0 Å². The Morgan fingerprint density at radius 1 is 1.41 bits per heavy atom. The molecule has 94 valence electrons. The van der Waals surface area contributed by atoms with E-state index in [1.165, 1.54) is 19.4 Å². The molecular formula is C14H23N3. The number of nitrogens with one attached hydrogen (secondary N) is 1. The molecule has 1 saturated heterocycles. The lowest BCUT2D eigenvalue weighted by molar-refractivity contribution is 0.116. The van der Waals surface area contributed by atoms with Crippen molar-refractivity contribution in [2.24, 2.45) is 5.92 Å². The Hall–Kier alpha value is -1.09. The van der Waals surface area contributed by atoms with Crippen LogP contribution in [0.1, 0.15) is 32.4 Å². The fraction of sp³-hybridized carbons (Fsp3) is 0.643. The summed E-state index contributed by atoms with van der Waals surface area (Å²) >= 11 is 0. The van der Waals surface area contributed by atoms with Crippen LogP contribution in [0.5, 0.6) is 0 Å². The maximum Gasteiger partial charge on any atom is 0.0564 e. The molecular weight excluding hydrogens is 210 g/mol. The number of nitrogens with zero attached hydrogens (tertiary/aromatic N) is 2. The number of rotatable bonds is 3. The van der Waals surface area contributed by atoms with Gasteiger partial charge >= 0.3 is 0 Å². The summed E-state index contributed by atoms with van der Waals surface area (Å²) in [6.45, 7) is 6.85. The van der Waals surface area contributed by atoms with Gasteiger partial charge in [0.1, 0.15) is 0 Å². The van der Waals surface area contributed by atoms with Crippen LogP contribution in [0.3, 0.4) is 0 Å². The van der Waals surface area contributed by atoms with Gasteiger partial charge in [-0.1, -0.05) is 6.92 Å². The fourth-order valence-electron chi connectivity index (χ4n) is 2.53. The average Bonchev–Trinajstić information content (AvgIpc) is 2.34. The quantitative estimate of drug-likeness (QED) is 0.870.